The SMILES string of the molecule is CCOc1cccc(CNC)c1OCCOC. The molecule has 4 heteroatoms. The molecule has 96 valence electrons. The second-order valence-corrected chi connectivity index (χ2v) is 3.55. The standard InChI is InChI=1S/C13H21NO3/c1-4-16-12-7-5-6-11(10-14-2)13(12)17-9-8-15-3/h5-7,14H,4,8-10H2,1-3H3. The van der Waals surface area contributed by atoms with Crippen LogP contribution in [0.4, 0.5) is 0 Å². The molecule has 1 rings (SSSR count). The van der Waals surface area contributed by atoms with Crippen molar-refractivity contribution in [1.82, 2.24) is 5.32 Å². The monoisotopic (exact) mass is 239 g/mol. The molecule has 1 aromatic carbocycles. The Hall–Kier alpha value is -1.26. The Morgan fingerprint density at radius 3 is 2.65 bits per heavy atom. The summed E-state index contributed by atoms with van der Waals surface area (Å²) in [6, 6.07) is 5.92. The van der Waals surface area contributed by atoms with Crippen LogP contribution in [0.25, 0.3) is 0 Å². The minimum atomic E-state index is 0.525. The molecule has 0 amide bonds. The summed E-state index contributed by atoms with van der Waals surface area (Å²) >= 11 is 0. The number of methoxy groups -OCH3 is 1. The third-order valence-electron chi connectivity index (χ3n) is 2.26. The lowest BCUT2D eigenvalue weighted by Crippen LogP contribution is -2.11. The summed E-state index contributed by atoms with van der Waals surface area (Å²) in [5.41, 5.74) is 1.09. The topological polar surface area (TPSA) is 39.7 Å². The second-order valence-electron chi connectivity index (χ2n) is 3.55. The van der Waals surface area contributed by atoms with E-state index in [4.69, 9.17) is 14.2 Å². The van der Waals surface area contributed by atoms with Crippen LogP contribution in [0.1, 0.15) is 12.5 Å². The van der Waals surface area contributed by atoms with Crippen molar-refractivity contribution in [3.05, 3.63) is 23.8 Å². The molecule has 0 spiro atoms. The third-order valence-corrected chi connectivity index (χ3v) is 2.26. The lowest BCUT2D eigenvalue weighted by atomic mass is 10.2. The van der Waals surface area contributed by atoms with Gasteiger partial charge in [0.15, 0.2) is 11.5 Å². The van der Waals surface area contributed by atoms with E-state index in [1.165, 1.54) is 0 Å². The molecule has 0 bridgehead atoms. The van der Waals surface area contributed by atoms with Crippen LogP contribution in [-0.4, -0.2) is 34.0 Å². The van der Waals surface area contributed by atoms with Crippen LogP contribution in [0.5, 0.6) is 11.5 Å². The number of hydrogen-bond donors (Lipinski definition) is 1. The van der Waals surface area contributed by atoms with Crippen LogP contribution in [0.15, 0.2) is 18.2 Å². The molecule has 0 atom stereocenters. The number of hydrogen-bond acceptors (Lipinski definition) is 4. The summed E-state index contributed by atoms with van der Waals surface area (Å²) in [6.45, 7) is 4.44. The molecule has 1 N–H and O–H groups in total. The molecule has 0 unspecified atom stereocenters. The van der Waals surface area contributed by atoms with Crippen LogP contribution < -0.4 is 14.8 Å². The van der Waals surface area contributed by atoms with Gasteiger partial charge in [0.1, 0.15) is 6.61 Å². The van der Waals surface area contributed by atoms with Gasteiger partial charge < -0.3 is 19.5 Å². The molecule has 0 saturated heterocycles. The Kier molecular flexibility index (Phi) is 6.43. The molecular weight excluding hydrogens is 218 g/mol. The van der Waals surface area contributed by atoms with Crippen LogP contribution in [0, 0.1) is 0 Å². The Labute approximate surface area is 103 Å². The number of nitrogens with one attached hydrogen (secondary N) is 1. The highest BCUT2D eigenvalue weighted by atomic mass is 16.5. The highest BCUT2D eigenvalue weighted by molar-refractivity contribution is 5.46. The summed E-state index contributed by atoms with van der Waals surface area (Å²) in [5.74, 6) is 1.59. The van der Waals surface area contributed by atoms with Gasteiger partial charge in [0.25, 0.3) is 0 Å². The second kappa shape index (κ2) is 7.92. The maximum atomic E-state index is 5.72. The van der Waals surface area contributed by atoms with Crippen molar-refractivity contribution in [1.29, 1.82) is 0 Å². The molecule has 17 heavy (non-hydrogen) atoms. The van der Waals surface area contributed by atoms with Gasteiger partial charge in [-0.3, -0.25) is 0 Å². The minimum Gasteiger partial charge on any atom is -0.490 e. The normalized spacial score (nSPS) is 10.3. The van der Waals surface area contributed by atoms with Gasteiger partial charge >= 0.3 is 0 Å². The molecule has 0 saturated carbocycles. The van der Waals surface area contributed by atoms with Gasteiger partial charge in [0.2, 0.25) is 0 Å². The molecule has 0 heterocycles. The zero-order valence-corrected chi connectivity index (χ0v) is 10.8. The Bertz CT molecular complexity index is 304. The molecule has 0 aliphatic carbocycles. The lowest BCUT2D eigenvalue weighted by molar-refractivity contribution is 0.143. The first-order chi connectivity index (χ1) is 8.33. The van der Waals surface area contributed by atoms with Crippen molar-refractivity contribution in [2.24, 2.45) is 0 Å². The molecule has 0 aromatic heterocycles. The van der Waals surface area contributed by atoms with E-state index in [-0.39, 0.29) is 0 Å². The summed E-state index contributed by atoms with van der Waals surface area (Å²) in [6.07, 6.45) is 0. The lowest BCUT2D eigenvalue weighted by Gasteiger charge is -2.15. The Morgan fingerprint density at radius 1 is 1.18 bits per heavy atom. The molecule has 0 fully saturated rings. The zero-order chi connectivity index (χ0) is 12.5. The maximum absolute atomic E-state index is 5.72. The van der Waals surface area contributed by atoms with Crippen molar-refractivity contribution < 1.29 is 14.2 Å². The highest BCUT2D eigenvalue weighted by Crippen LogP contribution is 2.31. The molecule has 4 nitrogen and oxygen atoms in total. The fourth-order valence-corrected chi connectivity index (χ4v) is 1.55. The summed E-state index contributed by atoms with van der Waals surface area (Å²) in [4.78, 5) is 0. The fourth-order valence-electron chi connectivity index (χ4n) is 1.55. The van der Waals surface area contributed by atoms with Gasteiger partial charge in [0.05, 0.1) is 13.2 Å². The zero-order valence-electron chi connectivity index (χ0n) is 10.8. The van der Waals surface area contributed by atoms with Crippen LogP contribution in [0.3, 0.4) is 0 Å². The Balaban J connectivity index is 2.83. The predicted octanol–water partition coefficient (Wildman–Crippen LogP) is 1.83. The van der Waals surface area contributed by atoms with E-state index < -0.39 is 0 Å². The van der Waals surface area contributed by atoms with E-state index in [2.05, 4.69) is 5.32 Å². The number of rotatable bonds is 8. The molecule has 0 aliphatic heterocycles. The first kappa shape index (κ1) is 13.8. The van der Waals surface area contributed by atoms with Crippen LogP contribution >= 0.6 is 0 Å². The van der Waals surface area contributed by atoms with Gasteiger partial charge in [-0.15, -0.1) is 0 Å². The number of benzene rings is 1. The number of para-hydroxylation sites is 1. The van der Waals surface area contributed by atoms with E-state index in [0.29, 0.717) is 19.8 Å². The van der Waals surface area contributed by atoms with E-state index in [1.54, 1.807) is 7.11 Å². The van der Waals surface area contributed by atoms with E-state index in [1.807, 2.05) is 32.2 Å². The average Bonchev–Trinajstić information content (AvgIpc) is 2.33. The van der Waals surface area contributed by atoms with E-state index >= 15 is 0 Å². The third kappa shape index (κ3) is 4.24. The van der Waals surface area contributed by atoms with Gasteiger partial charge in [-0.1, -0.05) is 12.1 Å². The summed E-state index contributed by atoms with van der Waals surface area (Å²) in [7, 11) is 3.57. The van der Waals surface area contributed by atoms with E-state index in [9.17, 15) is 0 Å². The van der Waals surface area contributed by atoms with Crippen molar-refractivity contribution in [2.45, 2.75) is 13.5 Å². The quantitative estimate of drug-likeness (QED) is 0.703. The Morgan fingerprint density at radius 2 is 2.00 bits per heavy atom. The van der Waals surface area contributed by atoms with Crippen LogP contribution in [0.2, 0.25) is 0 Å². The maximum Gasteiger partial charge on any atom is 0.165 e. The largest absolute Gasteiger partial charge is 0.490 e. The van der Waals surface area contributed by atoms with Crippen molar-refractivity contribution in [2.75, 3.05) is 34.0 Å². The molecule has 1 aromatic rings. The fraction of sp³-hybridized carbons (Fsp3) is 0.538. The van der Waals surface area contributed by atoms with Crippen LogP contribution in [-0.2, 0) is 11.3 Å². The van der Waals surface area contributed by atoms with Crippen molar-refractivity contribution in [3.8, 4) is 11.5 Å². The molecule has 0 aliphatic rings. The minimum absolute atomic E-state index is 0.525. The van der Waals surface area contributed by atoms with Crippen molar-refractivity contribution in [3.63, 3.8) is 0 Å². The summed E-state index contributed by atoms with van der Waals surface area (Å²) in [5, 5.41) is 3.12. The first-order valence-corrected chi connectivity index (χ1v) is 5.84. The van der Waals surface area contributed by atoms with Gasteiger partial charge in [-0.05, 0) is 20.0 Å². The molecule has 0 radical (unpaired) electrons. The summed E-state index contributed by atoms with van der Waals surface area (Å²) < 4.78 is 16.3. The van der Waals surface area contributed by atoms with Crippen molar-refractivity contribution >= 4 is 0 Å². The van der Waals surface area contributed by atoms with E-state index in [0.717, 1.165) is 23.6 Å². The van der Waals surface area contributed by atoms with Gasteiger partial charge in [0, 0.05) is 19.2 Å². The predicted molar refractivity (Wildman–Crippen MR) is 67.7 cm³/mol. The smallest absolute Gasteiger partial charge is 0.165 e. The highest BCUT2D eigenvalue weighted by Gasteiger charge is 2.10. The van der Waals surface area contributed by atoms with Gasteiger partial charge in [-0.2, -0.15) is 0 Å². The van der Waals surface area contributed by atoms with Gasteiger partial charge in [-0.25, -0.2) is 0 Å². The average molecular weight is 239 g/mol. The molecular formula is C13H21NO3. The number of ether oxygens (including phenoxy) is 3. The first-order valence-electron chi connectivity index (χ1n) is 5.84.